The number of benzene rings is 2. The second-order valence-electron chi connectivity index (χ2n) is 12.8. The zero-order valence-electron chi connectivity index (χ0n) is 29.7. The van der Waals surface area contributed by atoms with Crippen molar-refractivity contribution in [1.29, 1.82) is 0 Å². The van der Waals surface area contributed by atoms with E-state index in [0.29, 0.717) is 24.6 Å². The molecule has 2 aromatic carbocycles. The second-order valence-corrected chi connectivity index (χ2v) is 12.8. The molecule has 0 unspecified atom stereocenters. The van der Waals surface area contributed by atoms with E-state index in [2.05, 4.69) is 62.6 Å². The Morgan fingerprint density at radius 1 is 0.478 bits per heavy atom. The molecule has 0 aliphatic heterocycles. The average molecular weight is 637 g/mol. The maximum absolute atomic E-state index is 12.5. The highest BCUT2D eigenvalue weighted by Gasteiger charge is 2.12. The van der Waals surface area contributed by atoms with Gasteiger partial charge in [-0.1, -0.05) is 116 Å². The van der Waals surface area contributed by atoms with Crippen LogP contribution in [0.15, 0.2) is 36.4 Å². The van der Waals surface area contributed by atoms with E-state index >= 15 is 0 Å². The van der Waals surface area contributed by atoms with Gasteiger partial charge in [-0.3, -0.25) is 0 Å². The molecule has 0 saturated heterocycles. The fourth-order valence-electron chi connectivity index (χ4n) is 5.71. The first-order valence-corrected chi connectivity index (χ1v) is 18.7. The molecule has 0 aliphatic carbocycles. The van der Waals surface area contributed by atoms with E-state index in [4.69, 9.17) is 9.47 Å². The molecule has 6 nitrogen and oxygen atoms in total. The van der Waals surface area contributed by atoms with Crippen molar-refractivity contribution >= 4 is 12.2 Å². The molecular weight excluding hydrogens is 572 g/mol. The summed E-state index contributed by atoms with van der Waals surface area (Å²) in [5.41, 5.74) is 4.93. The summed E-state index contributed by atoms with van der Waals surface area (Å²) in [6.07, 6.45) is 21.1. The highest BCUT2D eigenvalue weighted by molar-refractivity contribution is 5.71. The van der Waals surface area contributed by atoms with E-state index < -0.39 is 0 Å². The van der Waals surface area contributed by atoms with Gasteiger partial charge in [-0.25, -0.2) is 9.59 Å². The summed E-state index contributed by atoms with van der Waals surface area (Å²) in [6, 6.07) is 12.6. The first kappa shape index (κ1) is 39.2. The molecular formula is C40H64N2O4. The van der Waals surface area contributed by atoms with Crippen LogP contribution in [-0.2, 0) is 25.7 Å². The van der Waals surface area contributed by atoms with Crippen LogP contribution in [0.5, 0.6) is 11.5 Å². The van der Waals surface area contributed by atoms with Crippen LogP contribution in [0.4, 0.5) is 9.59 Å². The zero-order chi connectivity index (χ0) is 33.2. The van der Waals surface area contributed by atoms with Crippen LogP contribution in [-0.4, -0.2) is 25.3 Å². The number of amides is 2. The zero-order valence-corrected chi connectivity index (χ0v) is 29.7. The molecule has 2 rings (SSSR count). The van der Waals surface area contributed by atoms with Gasteiger partial charge in [0.1, 0.15) is 11.5 Å². The Morgan fingerprint density at radius 2 is 0.848 bits per heavy atom. The predicted octanol–water partition coefficient (Wildman–Crippen LogP) is 11.1. The van der Waals surface area contributed by atoms with Gasteiger partial charge in [-0.15, -0.1) is 0 Å². The molecule has 0 aromatic heterocycles. The maximum atomic E-state index is 12.5. The van der Waals surface area contributed by atoms with Crippen LogP contribution in [0.3, 0.4) is 0 Å². The van der Waals surface area contributed by atoms with Crippen LogP contribution in [0.25, 0.3) is 0 Å². The smallest absolute Gasteiger partial charge is 0.410 e. The molecule has 2 aromatic rings. The quantitative estimate of drug-likeness (QED) is 0.106. The molecule has 0 atom stereocenters. The van der Waals surface area contributed by atoms with E-state index in [1.807, 2.05) is 12.1 Å². The highest BCUT2D eigenvalue weighted by atomic mass is 16.6. The van der Waals surface area contributed by atoms with Crippen LogP contribution < -0.4 is 20.1 Å². The molecule has 0 fully saturated rings. The molecule has 0 bridgehead atoms. The van der Waals surface area contributed by atoms with Crippen molar-refractivity contribution in [3.05, 3.63) is 58.7 Å². The topological polar surface area (TPSA) is 76.7 Å². The van der Waals surface area contributed by atoms with Gasteiger partial charge in [-0.2, -0.15) is 0 Å². The molecule has 2 amide bonds. The van der Waals surface area contributed by atoms with Gasteiger partial charge < -0.3 is 20.1 Å². The maximum Gasteiger partial charge on any atom is 0.412 e. The van der Waals surface area contributed by atoms with Crippen LogP contribution in [0, 0.1) is 0 Å². The lowest BCUT2D eigenvalue weighted by molar-refractivity contribution is 0.198. The number of ether oxygens (including phenoxy) is 2. The summed E-state index contributed by atoms with van der Waals surface area (Å²) in [4.78, 5) is 25.1. The Labute approximate surface area is 280 Å². The van der Waals surface area contributed by atoms with Gasteiger partial charge in [-0.05, 0) is 98.6 Å². The van der Waals surface area contributed by atoms with Gasteiger partial charge in [0.05, 0.1) is 0 Å². The van der Waals surface area contributed by atoms with Gasteiger partial charge in [0.25, 0.3) is 0 Å². The van der Waals surface area contributed by atoms with Crippen molar-refractivity contribution in [1.82, 2.24) is 10.6 Å². The van der Waals surface area contributed by atoms with Crippen molar-refractivity contribution in [2.24, 2.45) is 0 Å². The molecule has 0 radical (unpaired) electrons. The molecule has 46 heavy (non-hydrogen) atoms. The van der Waals surface area contributed by atoms with Crippen molar-refractivity contribution in [2.45, 2.75) is 156 Å². The first-order chi connectivity index (χ1) is 22.5. The minimum absolute atomic E-state index is 0.386. The van der Waals surface area contributed by atoms with E-state index in [1.165, 1.54) is 75.3 Å². The van der Waals surface area contributed by atoms with Crippen LogP contribution in [0.1, 0.15) is 153 Å². The van der Waals surface area contributed by atoms with Crippen molar-refractivity contribution < 1.29 is 19.1 Å². The minimum Gasteiger partial charge on any atom is -0.410 e. The normalized spacial score (nSPS) is 11.0. The first-order valence-electron chi connectivity index (χ1n) is 18.7. The number of aryl methyl sites for hydroxylation is 4. The number of carbonyl (C=O) groups excluding carboxylic acids is 2. The number of hydrogen-bond acceptors (Lipinski definition) is 4. The van der Waals surface area contributed by atoms with Crippen LogP contribution in [0.2, 0.25) is 0 Å². The largest absolute Gasteiger partial charge is 0.412 e. The average Bonchev–Trinajstić information content (AvgIpc) is 3.05. The Bertz CT molecular complexity index is 1030. The summed E-state index contributed by atoms with van der Waals surface area (Å²) >= 11 is 0. The predicted molar refractivity (Wildman–Crippen MR) is 192 cm³/mol. The Morgan fingerprint density at radius 3 is 1.22 bits per heavy atom. The van der Waals surface area contributed by atoms with E-state index in [0.717, 1.165) is 75.3 Å². The molecule has 0 spiro atoms. The number of nitrogens with one attached hydrogen (secondary N) is 2. The van der Waals surface area contributed by atoms with Gasteiger partial charge in [0.15, 0.2) is 0 Å². The fraction of sp³-hybridized carbons (Fsp3) is 0.650. The Hall–Kier alpha value is -3.02. The lowest BCUT2D eigenvalue weighted by Gasteiger charge is -2.13. The van der Waals surface area contributed by atoms with Gasteiger partial charge in [0, 0.05) is 13.1 Å². The van der Waals surface area contributed by atoms with Crippen molar-refractivity contribution in [3.8, 4) is 11.5 Å². The molecule has 258 valence electrons. The summed E-state index contributed by atoms with van der Waals surface area (Å²) in [6.45, 7) is 10.0. The lowest BCUT2D eigenvalue weighted by atomic mass is 10.0. The number of unbranched alkanes of at least 4 members (excludes halogenated alkanes) is 11. The van der Waals surface area contributed by atoms with Gasteiger partial charge >= 0.3 is 12.2 Å². The Kier molecular flexibility index (Phi) is 21.4. The van der Waals surface area contributed by atoms with Gasteiger partial charge in [0.2, 0.25) is 0 Å². The third kappa shape index (κ3) is 17.1. The summed E-state index contributed by atoms with van der Waals surface area (Å²) in [5.74, 6) is 1.36. The molecule has 0 heterocycles. The number of rotatable bonds is 25. The standard InChI is InChI=1S/C40H64N2O4/c1-5-9-15-21-33-25-27-37(35(31-33)23-17-11-7-3)45-39(43)41-29-19-13-14-20-30-42-40(44)46-38-28-26-34(22-16-10-6-2)32-36(38)24-18-12-8-4/h25-28,31-32H,5-24,29-30H2,1-4H3,(H,41,43)(H,42,44). The molecule has 0 aliphatic rings. The van der Waals surface area contributed by atoms with E-state index in [9.17, 15) is 9.59 Å². The summed E-state index contributed by atoms with van der Waals surface area (Å²) < 4.78 is 11.5. The van der Waals surface area contributed by atoms with Crippen molar-refractivity contribution in [2.75, 3.05) is 13.1 Å². The second kappa shape index (κ2) is 25.1. The number of hydrogen-bond donors (Lipinski definition) is 2. The minimum atomic E-state index is -0.386. The third-order valence-electron chi connectivity index (χ3n) is 8.53. The highest BCUT2D eigenvalue weighted by Crippen LogP contribution is 2.25. The molecule has 0 saturated carbocycles. The lowest BCUT2D eigenvalue weighted by Crippen LogP contribution is -2.28. The van der Waals surface area contributed by atoms with E-state index in [1.54, 1.807) is 0 Å². The van der Waals surface area contributed by atoms with Crippen molar-refractivity contribution in [3.63, 3.8) is 0 Å². The number of carbonyl (C=O) groups is 2. The molecule has 6 heteroatoms. The van der Waals surface area contributed by atoms with Crippen LogP contribution >= 0.6 is 0 Å². The summed E-state index contributed by atoms with van der Waals surface area (Å²) in [5, 5.41) is 5.82. The Balaban J connectivity index is 1.68. The SMILES string of the molecule is CCCCCc1ccc(OC(=O)NCCCCCCNC(=O)Oc2ccc(CCCCC)cc2CCCCC)c(CCCCC)c1. The molecule has 2 N–H and O–H groups in total. The van der Waals surface area contributed by atoms with E-state index in [-0.39, 0.29) is 12.2 Å². The fourth-order valence-corrected chi connectivity index (χ4v) is 5.71. The third-order valence-corrected chi connectivity index (χ3v) is 8.53. The summed E-state index contributed by atoms with van der Waals surface area (Å²) in [7, 11) is 0. The monoisotopic (exact) mass is 636 g/mol.